The predicted molar refractivity (Wildman–Crippen MR) is 60.1 cm³/mol. The number of unbranched alkanes of at least 4 members (excludes halogenated alkanes) is 1. The number of hydrogen-bond donors (Lipinski definition) is 1. The maximum atomic E-state index is 11.3. The molecular weight excluding hydrogens is 226 g/mol. The van der Waals surface area contributed by atoms with Crippen molar-refractivity contribution in [1.82, 2.24) is 5.32 Å². The van der Waals surface area contributed by atoms with Crippen molar-refractivity contribution in [2.24, 2.45) is 0 Å². The SMILES string of the molecule is CCCCOC(=O)C(C)OC(=O)CNC(C)=O. The summed E-state index contributed by atoms with van der Waals surface area (Å²) in [4.78, 5) is 33.0. The van der Waals surface area contributed by atoms with Crippen LogP contribution in [0.4, 0.5) is 0 Å². The topological polar surface area (TPSA) is 81.7 Å². The third kappa shape index (κ3) is 8.24. The molecule has 0 radical (unpaired) electrons. The van der Waals surface area contributed by atoms with Gasteiger partial charge in [-0.3, -0.25) is 9.59 Å². The fourth-order valence-electron chi connectivity index (χ4n) is 0.918. The van der Waals surface area contributed by atoms with Crippen LogP contribution in [0.1, 0.15) is 33.6 Å². The molecule has 0 aliphatic rings. The van der Waals surface area contributed by atoms with E-state index < -0.39 is 18.0 Å². The molecule has 1 N–H and O–H groups in total. The molecule has 1 amide bonds. The van der Waals surface area contributed by atoms with Crippen LogP contribution in [0.2, 0.25) is 0 Å². The molecule has 0 aliphatic carbocycles. The molecule has 1 atom stereocenters. The van der Waals surface area contributed by atoms with Crippen LogP contribution in [0, 0.1) is 0 Å². The molecule has 0 aromatic rings. The number of amides is 1. The number of carbonyl (C=O) groups excluding carboxylic acids is 3. The Labute approximate surface area is 101 Å². The van der Waals surface area contributed by atoms with Crippen molar-refractivity contribution in [2.75, 3.05) is 13.2 Å². The van der Waals surface area contributed by atoms with Gasteiger partial charge in [0.25, 0.3) is 0 Å². The first-order chi connectivity index (χ1) is 7.97. The first-order valence-corrected chi connectivity index (χ1v) is 5.58. The highest BCUT2D eigenvalue weighted by Crippen LogP contribution is 1.97. The molecule has 0 spiro atoms. The van der Waals surface area contributed by atoms with Gasteiger partial charge in [-0.25, -0.2) is 4.79 Å². The second-order valence-electron chi connectivity index (χ2n) is 3.56. The highest BCUT2D eigenvalue weighted by atomic mass is 16.6. The average Bonchev–Trinajstić information content (AvgIpc) is 2.26. The molecule has 0 saturated heterocycles. The number of esters is 2. The quantitative estimate of drug-likeness (QED) is 0.518. The summed E-state index contributed by atoms with van der Waals surface area (Å²) in [7, 11) is 0. The lowest BCUT2D eigenvalue weighted by Gasteiger charge is -2.12. The third-order valence-electron chi connectivity index (χ3n) is 1.86. The van der Waals surface area contributed by atoms with Gasteiger partial charge >= 0.3 is 11.9 Å². The zero-order valence-corrected chi connectivity index (χ0v) is 10.4. The molecule has 17 heavy (non-hydrogen) atoms. The van der Waals surface area contributed by atoms with E-state index in [1.54, 1.807) is 0 Å². The first-order valence-electron chi connectivity index (χ1n) is 5.58. The highest BCUT2D eigenvalue weighted by Gasteiger charge is 2.18. The first kappa shape index (κ1) is 15.4. The average molecular weight is 245 g/mol. The molecule has 0 saturated carbocycles. The maximum Gasteiger partial charge on any atom is 0.347 e. The van der Waals surface area contributed by atoms with Crippen molar-refractivity contribution in [2.45, 2.75) is 39.7 Å². The summed E-state index contributed by atoms with van der Waals surface area (Å²) >= 11 is 0. The summed E-state index contributed by atoms with van der Waals surface area (Å²) in [5.74, 6) is -1.57. The van der Waals surface area contributed by atoms with E-state index in [-0.39, 0.29) is 12.5 Å². The smallest absolute Gasteiger partial charge is 0.347 e. The minimum Gasteiger partial charge on any atom is -0.463 e. The van der Waals surface area contributed by atoms with E-state index in [4.69, 9.17) is 9.47 Å². The molecule has 0 heterocycles. The van der Waals surface area contributed by atoms with Crippen LogP contribution < -0.4 is 5.32 Å². The number of nitrogens with one attached hydrogen (secondary N) is 1. The highest BCUT2D eigenvalue weighted by molar-refractivity contribution is 5.83. The van der Waals surface area contributed by atoms with Crippen molar-refractivity contribution in [3.05, 3.63) is 0 Å². The molecular formula is C11H19NO5. The van der Waals surface area contributed by atoms with Gasteiger partial charge in [0.2, 0.25) is 5.91 Å². The zero-order valence-electron chi connectivity index (χ0n) is 10.4. The molecule has 0 aliphatic heterocycles. The lowest BCUT2D eigenvalue weighted by molar-refractivity contribution is -0.166. The second-order valence-corrected chi connectivity index (χ2v) is 3.56. The summed E-state index contributed by atoms with van der Waals surface area (Å²) < 4.78 is 9.63. The number of rotatable bonds is 7. The summed E-state index contributed by atoms with van der Waals surface area (Å²) in [5, 5.41) is 2.28. The zero-order chi connectivity index (χ0) is 13.3. The Morgan fingerprint density at radius 3 is 2.47 bits per heavy atom. The fraction of sp³-hybridized carbons (Fsp3) is 0.727. The van der Waals surface area contributed by atoms with Crippen molar-refractivity contribution in [3.63, 3.8) is 0 Å². The number of hydrogen-bond acceptors (Lipinski definition) is 5. The van der Waals surface area contributed by atoms with E-state index in [2.05, 4.69) is 5.32 Å². The molecule has 0 fully saturated rings. The molecule has 98 valence electrons. The second kappa shape index (κ2) is 8.55. The minimum absolute atomic E-state index is 0.248. The van der Waals surface area contributed by atoms with E-state index in [0.717, 1.165) is 12.8 Å². The summed E-state index contributed by atoms with van der Waals surface area (Å²) in [6, 6.07) is 0. The van der Waals surface area contributed by atoms with E-state index in [9.17, 15) is 14.4 Å². The molecule has 0 bridgehead atoms. The molecule has 0 rings (SSSR count). The van der Waals surface area contributed by atoms with Gasteiger partial charge < -0.3 is 14.8 Å². The Balaban J connectivity index is 3.82. The van der Waals surface area contributed by atoms with Gasteiger partial charge in [0, 0.05) is 6.92 Å². The summed E-state index contributed by atoms with van der Waals surface area (Å²) in [6.45, 7) is 4.77. The van der Waals surface area contributed by atoms with Gasteiger partial charge in [0.05, 0.1) is 6.61 Å². The van der Waals surface area contributed by atoms with Crippen LogP contribution in [-0.4, -0.2) is 37.1 Å². The Morgan fingerprint density at radius 2 is 1.94 bits per heavy atom. The Hall–Kier alpha value is -1.59. The lowest BCUT2D eigenvalue weighted by Crippen LogP contribution is -2.33. The number of ether oxygens (including phenoxy) is 2. The van der Waals surface area contributed by atoms with Gasteiger partial charge in [-0.2, -0.15) is 0 Å². The normalized spacial score (nSPS) is 11.5. The van der Waals surface area contributed by atoms with Crippen molar-refractivity contribution in [1.29, 1.82) is 0 Å². The van der Waals surface area contributed by atoms with Crippen molar-refractivity contribution in [3.8, 4) is 0 Å². The van der Waals surface area contributed by atoms with Crippen molar-refractivity contribution >= 4 is 17.8 Å². The monoisotopic (exact) mass is 245 g/mol. The third-order valence-corrected chi connectivity index (χ3v) is 1.86. The maximum absolute atomic E-state index is 11.3. The number of carbonyl (C=O) groups is 3. The molecule has 6 nitrogen and oxygen atoms in total. The standard InChI is InChI=1S/C11H19NO5/c1-4-5-6-16-11(15)8(2)17-10(14)7-12-9(3)13/h8H,4-7H2,1-3H3,(H,12,13). The van der Waals surface area contributed by atoms with Gasteiger partial charge in [-0.05, 0) is 13.3 Å². The fourth-order valence-corrected chi connectivity index (χ4v) is 0.918. The lowest BCUT2D eigenvalue weighted by atomic mass is 10.3. The molecule has 0 aromatic carbocycles. The van der Waals surface area contributed by atoms with Crippen LogP contribution in [0.25, 0.3) is 0 Å². The largest absolute Gasteiger partial charge is 0.463 e. The Morgan fingerprint density at radius 1 is 1.29 bits per heavy atom. The molecule has 6 heteroatoms. The van der Waals surface area contributed by atoms with Crippen LogP contribution in [0.15, 0.2) is 0 Å². The van der Waals surface area contributed by atoms with Gasteiger partial charge in [0.1, 0.15) is 6.54 Å². The summed E-state index contributed by atoms with van der Waals surface area (Å²) in [5.41, 5.74) is 0. The van der Waals surface area contributed by atoms with E-state index in [1.165, 1.54) is 13.8 Å². The van der Waals surface area contributed by atoms with Crippen LogP contribution in [0.3, 0.4) is 0 Å². The van der Waals surface area contributed by atoms with Crippen molar-refractivity contribution < 1.29 is 23.9 Å². The predicted octanol–water partition coefficient (Wildman–Crippen LogP) is 0.398. The van der Waals surface area contributed by atoms with Crippen LogP contribution in [-0.2, 0) is 23.9 Å². The molecule has 1 unspecified atom stereocenters. The Kier molecular flexibility index (Phi) is 7.75. The van der Waals surface area contributed by atoms with Gasteiger partial charge in [-0.1, -0.05) is 13.3 Å². The van der Waals surface area contributed by atoms with E-state index in [0.29, 0.717) is 6.61 Å². The van der Waals surface area contributed by atoms with E-state index in [1.807, 2.05) is 6.92 Å². The van der Waals surface area contributed by atoms with Gasteiger partial charge in [0.15, 0.2) is 6.10 Å². The van der Waals surface area contributed by atoms with E-state index >= 15 is 0 Å². The van der Waals surface area contributed by atoms with Crippen LogP contribution in [0.5, 0.6) is 0 Å². The van der Waals surface area contributed by atoms with Gasteiger partial charge in [-0.15, -0.1) is 0 Å². The minimum atomic E-state index is -0.951. The van der Waals surface area contributed by atoms with Crippen LogP contribution >= 0.6 is 0 Å². The Bertz CT molecular complexity index is 277. The molecule has 0 aromatic heterocycles. The summed E-state index contributed by atoms with van der Waals surface area (Å²) in [6.07, 6.45) is 0.746.